The molecule has 2 aromatic heterocycles. The molecule has 0 radical (unpaired) electrons. The number of hydrogen-bond acceptors (Lipinski definition) is 4. The maximum atomic E-state index is 12.4. The number of carbonyl (C=O) groups is 1. The first-order valence-electron chi connectivity index (χ1n) is 8.21. The summed E-state index contributed by atoms with van der Waals surface area (Å²) in [6.45, 7) is 0.571. The highest BCUT2D eigenvalue weighted by Gasteiger charge is 2.16. The van der Waals surface area contributed by atoms with Gasteiger partial charge in [-0.3, -0.25) is 9.89 Å². The van der Waals surface area contributed by atoms with Crippen LogP contribution in [-0.2, 0) is 6.42 Å². The average molecular weight is 354 g/mol. The number of amides is 1. The van der Waals surface area contributed by atoms with E-state index >= 15 is 0 Å². The molecule has 0 aliphatic heterocycles. The van der Waals surface area contributed by atoms with Gasteiger partial charge in [0.25, 0.3) is 5.91 Å². The molecule has 130 valence electrons. The molecule has 0 aliphatic rings. The van der Waals surface area contributed by atoms with Crippen molar-refractivity contribution in [1.82, 2.24) is 20.4 Å². The van der Waals surface area contributed by atoms with Gasteiger partial charge in [0.1, 0.15) is 0 Å². The predicted molar refractivity (Wildman–Crippen MR) is 102 cm³/mol. The van der Waals surface area contributed by atoms with E-state index in [9.17, 15) is 4.79 Å². The topological polar surface area (TPSA) is 61.0 Å². The fourth-order valence-electron chi connectivity index (χ4n) is 2.62. The summed E-state index contributed by atoms with van der Waals surface area (Å²) in [5.41, 5.74) is 2.55. The fraction of sp³-hybridized carbons (Fsp3) is 0.263. The van der Waals surface area contributed by atoms with Crippen LogP contribution in [0.1, 0.15) is 16.1 Å². The molecule has 0 saturated heterocycles. The molecule has 1 amide bonds. The SMILES string of the molecule is CN(C)C(CNC(=O)c1cc(-c2cccs2)[nH]n1)Cc1ccccc1. The van der Waals surface area contributed by atoms with Crippen LogP contribution in [0.15, 0.2) is 53.9 Å². The summed E-state index contributed by atoms with van der Waals surface area (Å²) in [6, 6.07) is 16.3. The first-order chi connectivity index (χ1) is 12.1. The molecule has 0 saturated carbocycles. The first-order valence-corrected chi connectivity index (χ1v) is 9.09. The van der Waals surface area contributed by atoms with Gasteiger partial charge in [0.2, 0.25) is 0 Å². The Labute approximate surface area is 151 Å². The number of thiophene rings is 1. The van der Waals surface area contributed by atoms with Gasteiger partial charge in [0.05, 0.1) is 10.6 Å². The molecule has 2 N–H and O–H groups in total. The van der Waals surface area contributed by atoms with Gasteiger partial charge in [-0.25, -0.2) is 0 Å². The van der Waals surface area contributed by atoms with Crippen molar-refractivity contribution in [1.29, 1.82) is 0 Å². The number of aromatic nitrogens is 2. The monoisotopic (exact) mass is 354 g/mol. The zero-order valence-electron chi connectivity index (χ0n) is 14.4. The van der Waals surface area contributed by atoms with E-state index in [2.05, 4.69) is 32.5 Å². The van der Waals surface area contributed by atoms with E-state index in [-0.39, 0.29) is 11.9 Å². The number of likely N-dealkylation sites (N-methyl/N-ethyl adjacent to an activating group) is 1. The van der Waals surface area contributed by atoms with Crippen LogP contribution in [0.5, 0.6) is 0 Å². The number of nitrogens with zero attached hydrogens (tertiary/aromatic N) is 2. The van der Waals surface area contributed by atoms with Crippen LogP contribution in [0.2, 0.25) is 0 Å². The fourth-order valence-corrected chi connectivity index (χ4v) is 3.31. The Morgan fingerprint density at radius 2 is 2.04 bits per heavy atom. The average Bonchev–Trinajstić information content (AvgIpc) is 3.29. The molecule has 3 rings (SSSR count). The molecule has 3 aromatic rings. The van der Waals surface area contributed by atoms with Crippen LogP contribution in [0.3, 0.4) is 0 Å². The highest BCUT2D eigenvalue weighted by Crippen LogP contribution is 2.22. The third-order valence-corrected chi connectivity index (χ3v) is 5.04. The van der Waals surface area contributed by atoms with Crippen LogP contribution in [0.4, 0.5) is 0 Å². The van der Waals surface area contributed by atoms with E-state index < -0.39 is 0 Å². The normalized spacial score (nSPS) is 12.3. The van der Waals surface area contributed by atoms with E-state index in [1.54, 1.807) is 17.4 Å². The second kappa shape index (κ2) is 8.09. The minimum absolute atomic E-state index is 0.154. The number of carbonyl (C=O) groups excluding carboxylic acids is 1. The molecule has 1 unspecified atom stereocenters. The Morgan fingerprint density at radius 1 is 1.24 bits per heavy atom. The maximum absolute atomic E-state index is 12.4. The Balaban J connectivity index is 1.60. The van der Waals surface area contributed by atoms with Gasteiger partial charge >= 0.3 is 0 Å². The van der Waals surface area contributed by atoms with Crippen LogP contribution in [0.25, 0.3) is 10.6 Å². The zero-order valence-corrected chi connectivity index (χ0v) is 15.2. The third kappa shape index (κ3) is 4.55. The van der Waals surface area contributed by atoms with Crippen molar-refractivity contribution < 1.29 is 4.79 Å². The van der Waals surface area contributed by atoms with Gasteiger partial charge in [-0.1, -0.05) is 36.4 Å². The molecule has 1 aromatic carbocycles. The van der Waals surface area contributed by atoms with Gasteiger partial charge in [-0.15, -0.1) is 11.3 Å². The van der Waals surface area contributed by atoms with E-state index in [1.165, 1.54) is 5.56 Å². The lowest BCUT2D eigenvalue weighted by molar-refractivity contribution is 0.0936. The van der Waals surface area contributed by atoms with Crippen molar-refractivity contribution in [2.45, 2.75) is 12.5 Å². The van der Waals surface area contributed by atoms with Gasteiger partial charge < -0.3 is 10.2 Å². The van der Waals surface area contributed by atoms with Crippen molar-refractivity contribution in [3.8, 4) is 10.6 Å². The van der Waals surface area contributed by atoms with Crippen molar-refractivity contribution >= 4 is 17.2 Å². The summed E-state index contributed by atoms with van der Waals surface area (Å²) < 4.78 is 0. The van der Waals surface area contributed by atoms with Gasteiger partial charge in [0, 0.05) is 12.6 Å². The molecule has 0 aliphatic carbocycles. The lowest BCUT2D eigenvalue weighted by Crippen LogP contribution is -2.41. The van der Waals surface area contributed by atoms with Crippen LogP contribution >= 0.6 is 11.3 Å². The van der Waals surface area contributed by atoms with E-state index in [0.29, 0.717) is 12.2 Å². The Hall–Kier alpha value is -2.44. The second-order valence-electron chi connectivity index (χ2n) is 6.16. The molecule has 6 heteroatoms. The maximum Gasteiger partial charge on any atom is 0.271 e. The summed E-state index contributed by atoms with van der Waals surface area (Å²) in [6.07, 6.45) is 0.884. The largest absolute Gasteiger partial charge is 0.349 e. The smallest absolute Gasteiger partial charge is 0.271 e. The lowest BCUT2D eigenvalue weighted by atomic mass is 10.1. The Morgan fingerprint density at radius 3 is 2.72 bits per heavy atom. The minimum Gasteiger partial charge on any atom is -0.349 e. The van der Waals surface area contributed by atoms with Gasteiger partial charge in [-0.2, -0.15) is 5.10 Å². The lowest BCUT2D eigenvalue weighted by Gasteiger charge is -2.24. The quantitative estimate of drug-likeness (QED) is 0.686. The van der Waals surface area contributed by atoms with Crippen molar-refractivity contribution in [2.75, 3.05) is 20.6 Å². The van der Waals surface area contributed by atoms with Crippen molar-refractivity contribution in [2.24, 2.45) is 0 Å². The van der Waals surface area contributed by atoms with Crippen molar-refractivity contribution in [3.63, 3.8) is 0 Å². The number of rotatable bonds is 7. The molecule has 2 heterocycles. The molecular formula is C19H22N4OS. The van der Waals surface area contributed by atoms with Gasteiger partial charge in [0.15, 0.2) is 5.69 Å². The second-order valence-corrected chi connectivity index (χ2v) is 7.11. The summed E-state index contributed by atoms with van der Waals surface area (Å²) >= 11 is 1.61. The summed E-state index contributed by atoms with van der Waals surface area (Å²) in [7, 11) is 4.06. The molecule has 1 atom stereocenters. The third-order valence-electron chi connectivity index (χ3n) is 4.14. The minimum atomic E-state index is -0.154. The highest BCUT2D eigenvalue weighted by molar-refractivity contribution is 7.13. The van der Waals surface area contributed by atoms with Crippen LogP contribution in [-0.4, -0.2) is 47.7 Å². The Bertz CT molecular complexity index is 796. The number of hydrogen-bond donors (Lipinski definition) is 2. The van der Waals surface area contributed by atoms with Crippen LogP contribution in [0, 0.1) is 0 Å². The number of aromatic amines is 1. The first kappa shape index (κ1) is 17.4. The molecule has 0 bridgehead atoms. The standard InChI is InChI=1S/C19H22N4OS/c1-23(2)15(11-14-7-4-3-5-8-14)13-20-19(24)17-12-16(21-22-17)18-9-6-10-25-18/h3-10,12,15H,11,13H2,1-2H3,(H,20,24)(H,21,22). The number of H-pyrrole nitrogens is 1. The van der Waals surface area contributed by atoms with E-state index in [4.69, 9.17) is 0 Å². The molecule has 25 heavy (non-hydrogen) atoms. The highest BCUT2D eigenvalue weighted by atomic mass is 32.1. The predicted octanol–water partition coefficient (Wildman–Crippen LogP) is 3.04. The Kier molecular flexibility index (Phi) is 5.63. The van der Waals surface area contributed by atoms with Gasteiger partial charge in [-0.05, 0) is 43.6 Å². The van der Waals surface area contributed by atoms with E-state index in [1.807, 2.05) is 49.8 Å². The molecular weight excluding hydrogens is 332 g/mol. The zero-order chi connectivity index (χ0) is 17.6. The van der Waals surface area contributed by atoms with Crippen molar-refractivity contribution in [3.05, 3.63) is 65.2 Å². The van der Waals surface area contributed by atoms with Crippen LogP contribution < -0.4 is 5.32 Å². The number of nitrogens with one attached hydrogen (secondary N) is 2. The molecule has 5 nitrogen and oxygen atoms in total. The summed E-state index contributed by atoms with van der Waals surface area (Å²) in [4.78, 5) is 15.6. The van der Waals surface area contributed by atoms with E-state index in [0.717, 1.165) is 17.0 Å². The molecule has 0 spiro atoms. The summed E-state index contributed by atoms with van der Waals surface area (Å²) in [5.74, 6) is -0.154. The molecule has 0 fully saturated rings. The number of benzene rings is 1. The summed E-state index contributed by atoms with van der Waals surface area (Å²) in [5, 5.41) is 12.1.